The smallest absolute Gasteiger partial charge is 0.240 e. The van der Waals surface area contributed by atoms with E-state index in [2.05, 4.69) is 26.5 Å². The zero-order valence-electron chi connectivity index (χ0n) is 7.53. The van der Waals surface area contributed by atoms with Gasteiger partial charge in [-0.3, -0.25) is 15.4 Å². The molecule has 0 fully saturated rings. The van der Waals surface area contributed by atoms with Gasteiger partial charge in [-0.2, -0.15) is 0 Å². The lowest BCUT2D eigenvalue weighted by Gasteiger charge is -2.02. The summed E-state index contributed by atoms with van der Waals surface area (Å²) in [5, 5.41) is 5.26. The van der Waals surface area contributed by atoms with E-state index in [-0.39, 0.29) is 12.5 Å². The number of amides is 1. The van der Waals surface area contributed by atoms with Crippen LogP contribution in [0.2, 0.25) is 0 Å². The van der Waals surface area contributed by atoms with E-state index in [1.807, 2.05) is 0 Å². The lowest BCUT2D eigenvalue weighted by molar-refractivity contribution is -0.115. The van der Waals surface area contributed by atoms with Crippen molar-refractivity contribution in [1.29, 1.82) is 0 Å². The minimum absolute atomic E-state index is 0.155. The van der Waals surface area contributed by atoms with Crippen molar-refractivity contribution in [2.45, 2.75) is 0 Å². The quantitative estimate of drug-likeness (QED) is 0.502. The molecule has 0 radical (unpaired) electrons. The first-order valence-electron chi connectivity index (χ1n) is 4.04. The number of rotatable bonds is 4. The second-order valence-corrected chi connectivity index (χ2v) is 2.43. The molecule has 0 aliphatic carbocycles. The molecule has 0 unspecified atom stereocenters. The Hall–Kier alpha value is -1.93. The highest BCUT2D eigenvalue weighted by Gasteiger charge is 2.01. The Morgan fingerprint density at radius 3 is 2.86 bits per heavy atom. The molecule has 1 aromatic rings. The Balaban J connectivity index is 2.32. The zero-order valence-corrected chi connectivity index (χ0v) is 7.53. The Kier molecular flexibility index (Phi) is 4.11. The van der Waals surface area contributed by atoms with Crippen molar-refractivity contribution >= 4 is 11.9 Å². The van der Waals surface area contributed by atoms with E-state index < -0.39 is 0 Å². The van der Waals surface area contributed by atoms with Gasteiger partial charge in [0.15, 0.2) is 0 Å². The SMILES string of the molecule is C#CCNCC(=O)Nc1ncccn1. The van der Waals surface area contributed by atoms with Crippen molar-refractivity contribution in [3.05, 3.63) is 18.5 Å². The first-order chi connectivity index (χ1) is 6.83. The summed E-state index contributed by atoms with van der Waals surface area (Å²) in [4.78, 5) is 18.8. The molecule has 0 spiro atoms. The molecule has 0 saturated carbocycles. The monoisotopic (exact) mass is 190 g/mol. The molecule has 14 heavy (non-hydrogen) atoms. The number of carbonyl (C=O) groups is 1. The molecule has 1 amide bonds. The van der Waals surface area contributed by atoms with Crippen LogP contribution in [0.4, 0.5) is 5.95 Å². The van der Waals surface area contributed by atoms with Crippen LogP contribution in [-0.2, 0) is 4.79 Å². The maximum absolute atomic E-state index is 11.2. The van der Waals surface area contributed by atoms with E-state index in [0.717, 1.165) is 0 Å². The van der Waals surface area contributed by atoms with Crippen molar-refractivity contribution in [2.24, 2.45) is 0 Å². The number of anilines is 1. The van der Waals surface area contributed by atoms with Crippen molar-refractivity contribution in [1.82, 2.24) is 15.3 Å². The number of nitrogens with one attached hydrogen (secondary N) is 2. The number of terminal acetylenes is 1. The number of aromatic nitrogens is 2. The van der Waals surface area contributed by atoms with Crippen LogP contribution < -0.4 is 10.6 Å². The molecule has 0 aliphatic rings. The van der Waals surface area contributed by atoms with E-state index >= 15 is 0 Å². The third-order valence-electron chi connectivity index (χ3n) is 1.33. The lowest BCUT2D eigenvalue weighted by atomic mass is 10.5. The van der Waals surface area contributed by atoms with Gasteiger partial charge in [-0.1, -0.05) is 5.92 Å². The molecule has 2 N–H and O–H groups in total. The van der Waals surface area contributed by atoms with Crippen LogP contribution in [-0.4, -0.2) is 29.0 Å². The molecular weight excluding hydrogens is 180 g/mol. The van der Waals surface area contributed by atoms with Gasteiger partial charge in [-0.15, -0.1) is 6.42 Å². The van der Waals surface area contributed by atoms with E-state index in [1.165, 1.54) is 0 Å². The van der Waals surface area contributed by atoms with Crippen LogP contribution in [0.3, 0.4) is 0 Å². The van der Waals surface area contributed by atoms with E-state index in [9.17, 15) is 4.79 Å². The second-order valence-electron chi connectivity index (χ2n) is 2.43. The van der Waals surface area contributed by atoms with Crippen LogP contribution >= 0.6 is 0 Å². The van der Waals surface area contributed by atoms with Crippen LogP contribution in [0.1, 0.15) is 0 Å². The minimum atomic E-state index is -0.216. The molecule has 1 heterocycles. The highest BCUT2D eigenvalue weighted by atomic mass is 16.2. The van der Waals surface area contributed by atoms with Crippen LogP contribution in [0, 0.1) is 12.3 Å². The predicted octanol–water partition coefficient (Wildman–Crippen LogP) is -0.362. The summed E-state index contributed by atoms with van der Waals surface area (Å²) >= 11 is 0. The molecule has 0 aromatic carbocycles. The third-order valence-corrected chi connectivity index (χ3v) is 1.33. The molecule has 0 aliphatic heterocycles. The maximum Gasteiger partial charge on any atom is 0.240 e. The molecule has 5 nitrogen and oxygen atoms in total. The summed E-state index contributed by atoms with van der Waals surface area (Å²) < 4.78 is 0. The maximum atomic E-state index is 11.2. The molecule has 1 aromatic heterocycles. The summed E-state index contributed by atoms with van der Waals surface area (Å²) in [5.41, 5.74) is 0. The van der Waals surface area contributed by atoms with E-state index in [4.69, 9.17) is 6.42 Å². The highest BCUT2D eigenvalue weighted by molar-refractivity contribution is 5.90. The largest absolute Gasteiger partial charge is 0.298 e. The van der Waals surface area contributed by atoms with Crippen molar-refractivity contribution in [3.8, 4) is 12.3 Å². The van der Waals surface area contributed by atoms with E-state index in [1.54, 1.807) is 18.5 Å². The van der Waals surface area contributed by atoms with Crippen LogP contribution in [0.5, 0.6) is 0 Å². The second kappa shape index (κ2) is 5.67. The van der Waals surface area contributed by atoms with Crippen LogP contribution in [0.15, 0.2) is 18.5 Å². The Morgan fingerprint density at radius 2 is 2.21 bits per heavy atom. The fourth-order valence-corrected chi connectivity index (χ4v) is 0.781. The van der Waals surface area contributed by atoms with Crippen molar-refractivity contribution in [2.75, 3.05) is 18.4 Å². The Labute approximate surface area is 82.0 Å². The average Bonchev–Trinajstić information content (AvgIpc) is 2.20. The Morgan fingerprint density at radius 1 is 1.50 bits per heavy atom. The summed E-state index contributed by atoms with van der Waals surface area (Å²) in [6.07, 6.45) is 8.10. The van der Waals surface area contributed by atoms with Crippen molar-refractivity contribution in [3.63, 3.8) is 0 Å². The fraction of sp³-hybridized carbons (Fsp3) is 0.222. The molecule has 5 heteroatoms. The first kappa shape index (κ1) is 10.2. The number of carbonyl (C=O) groups excluding carboxylic acids is 1. The fourth-order valence-electron chi connectivity index (χ4n) is 0.781. The molecule has 1 rings (SSSR count). The molecule has 72 valence electrons. The molecule has 0 atom stereocenters. The molecule has 0 saturated heterocycles. The lowest BCUT2D eigenvalue weighted by Crippen LogP contribution is -2.28. The van der Waals surface area contributed by atoms with Gasteiger partial charge in [0, 0.05) is 12.4 Å². The van der Waals surface area contributed by atoms with Gasteiger partial charge >= 0.3 is 0 Å². The van der Waals surface area contributed by atoms with Gasteiger partial charge in [0.05, 0.1) is 13.1 Å². The first-order valence-corrected chi connectivity index (χ1v) is 4.04. The summed E-state index contributed by atoms with van der Waals surface area (Å²) in [6.45, 7) is 0.519. The van der Waals surface area contributed by atoms with Gasteiger partial charge in [0.1, 0.15) is 0 Å². The number of hydrogen-bond acceptors (Lipinski definition) is 4. The summed E-state index contributed by atoms with van der Waals surface area (Å²) in [6, 6.07) is 1.67. The van der Waals surface area contributed by atoms with Gasteiger partial charge in [-0.05, 0) is 6.07 Å². The number of hydrogen-bond donors (Lipinski definition) is 2. The predicted molar refractivity (Wildman–Crippen MR) is 52.4 cm³/mol. The van der Waals surface area contributed by atoms with Gasteiger partial charge in [0.25, 0.3) is 0 Å². The van der Waals surface area contributed by atoms with Gasteiger partial charge < -0.3 is 0 Å². The topological polar surface area (TPSA) is 66.9 Å². The summed E-state index contributed by atoms with van der Waals surface area (Å²) in [5.74, 6) is 2.44. The normalized spacial score (nSPS) is 9.07. The van der Waals surface area contributed by atoms with Gasteiger partial charge in [-0.25, -0.2) is 9.97 Å². The Bertz CT molecular complexity index is 330. The zero-order chi connectivity index (χ0) is 10.2. The van der Waals surface area contributed by atoms with Crippen molar-refractivity contribution < 1.29 is 4.79 Å². The minimum Gasteiger partial charge on any atom is -0.298 e. The standard InChI is InChI=1S/C9H10N4O/c1-2-4-10-7-8(14)13-9-11-5-3-6-12-9/h1,3,5-6,10H,4,7H2,(H,11,12,13,14). The van der Waals surface area contributed by atoms with Crippen LogP contribution in [0.25, 0.3) is 0 Å². The van der Waals surface area contributed by atoms with E-state index in [0.29, 0.717) is 12.5 Å². The average molecular weight is 190 g/mol. The third kappa shape index (κ3) is 3.65. The number of nitrogens with zero attached hydrogens (tertiary/aromatic N) is 2. The summed E-state index contributed by atoms with van der Waals surface area (Å²) in [7, 11) is 0. The molecule has 0 bridgehead atoms. The van der Waals surface area contributed by atoms with Gasteiger partial charge in [0.2, 0.25) is 11.9 Å². The highest BCUT2D eigenvalue weighted by Crippen LogP contribution is 1.92. The molecular formula is C9H10N4O.